The lowest BCUT2D eigenvalue weighted by Gasteiger charge is -2.59. The van der Waals surface area contributed by atoms with E-state index in [1.807, 2.05) is 25.1 Å². The van der Waals surface area contributed by atoms with Crippen molar-refractivity contribution in [1.29, 1.82) is 0 Å². The van der Waals surface area contributed by atoms with Crippen molar-refractivity contribution in [2.24, 2.45) is 10.6 Å². The molecule has 4 rings (SSSR count). The minimum absolute atomic E-state index is 0.0520. The first-order valence-electron chi connectivity index (χ1n) is 8.31. The first-order valence-corrected chi connectivity index (χ1v) is 9.85. The summed E-state index contributed by atoms with van der Waals surface area (Å²) in [5.41, 5.74) is 0.981. The van der Waals surface area contributed by atoms with Gasteiger partial charge >= 0.3 is 0 Å². The number of nitrogens with one attached hydrogen (secondary N) is 1. The van der Waals surface area contributed by atoms with Crippen LogP contribution in [-0.4, -0.2) is 44.1 Å². The summed E-state index contributed by atoms with van der Waals surface area (Å²) < 4.78 is 30.3. The molecule has 1 aliphatic heterocycles. The summed E-state index contributed by atoms with van der Waals surface area (Å²) in [5, 5.41) is 6.01. The molecule has 0 amide bonds. The summed E-state index contributed by atoms with van der Waals surface area (Å²) in [7, 11) is -3.62. The Morgan fingerprint density at radius 2 is 2.12 bits per heavy atom. The van der Waals surface area contributed by atoms with Crippen molar-refractivity contribution in [3.63, 3.8) is 0 Å². The number of para-hydroxylation sites is 1. The summed E-state index contributed by atoms with van der Waals surface area (Å²) >= 11 is 0. The molecule has 3 N–H and O–H groups in total. The van der Waals surface area contributed by atoms with Gasteiger partial charge in [-0.1, -0.05) is 6.07 Å². The molecule has 0 unspecified atom stereocenters. The van der Waals surface area contributed by atoms with Gasteiger partial charge in [0.25, 0.3) is 10.2 Å². The first kappa shape index (κ1) is 16.5. The lowest BCUT2D eigenvalue weighted by Crippen LogP contribution is -2.67. The second-order valence-corrected chi connectivity index (χ2v) is 8.23. The van der Waals surface area contributed by atoms with Gasteiger partial charge in [0.15, 0.2) is 0 Å². The van der Waals surface area contributed by atoms with Crippen molar-refractivity contribution in [1.82, 2.24) is 14.7 Å². The Hall–Kier alpha value is -1.97. The molecule has 1 spiro atoms. The van der Waals surface area contributed by atoms with Crippen molar-refractivity contribution in [2.45, 2.75) is 25.8 Å². The highest BCUT2D eigenvalue weighted by Crippen LogP contribution is 2.50. The van der Waals surface area contributed by atoms with E-state index in [9.17, 15) is 8.42 Å². The number of ether oxygens (including phenoxy) is 1. The normalized spacial score (nSPS) is 19.7. The fourth-order valence-corrected chi connectivity index (χ4v) is 4.67. The zero-order valence-corrected chi connectivity index (χ0v) is 14.8. The van der Waals surface area contributed by atoms with Crippen LogP contribution in [0.15, 0.2) is 24.5 Å². The largest absolute Gasteiger partial charge is 0.492 e. The molecule has 1 aliphatic carbocycles. The van der Waals surface area contributed by atoms with Crippen LogP contribution in [0.5, 0.6) is 5.75 Å². The van der Waals surface area contributed by atoms with E-state index < -0.39 is 10.2 Å². The van der Waals surface area contributed by atoms with Crippen molar-refractivity contribution in [3.05, 3.63) is 24.5 Å². The third kappa shape index (κ3) is 3.03. The van der Waals surface area contributed by atoms with Gasteiger partial charge in [-0.15, -0.1) is 0 Å². The maximum absolute atomic E-state index is 11.1. The minimum Gasteiger partial charge on any atom is -0.492 e. The van der Waals surface area contributed by atoms with E-state index in [0.717, 1.165) is 48.4 Å². The van der Waals surface area contributed by atoms with Gasteiger partial charge < -0.3 is 9.64 Å². The zero-order chi connectivity index (χ0) is 17.7. The van der Waals surface area contributed by atoms with Crippen LogP contribution in [0.1, 0.15) is 19.8 Å². The van der Waals surface area contributed by atoms with E-state index in [-0.39, 0.29) is 11.5 Å². The Balaban J connectivity index is 1.49. The molecule has 9 heteroatoms. The maximum Gasteiger partial charge on any atom is 0.274 e. The summed E-state index contributed by atoms with van der Waals surface area (Å²) in [4.78, 5) is 11.0. The van der Waals surface area contributed by atoms with Crippen LogP contribution in [0.2, 0.25) is 0 Å². The quantitative estimate of drug-likeness (QED) is 0.813. The third-order valence-electron chi connectivity index (χ3n) is 4.95. The second kappa shape index (κ2) is 5.79. The van der Waals surface area contributed by atoms with Crippen molar-refractivity contribution in [2.75, 3.05) is 24.6 Å². The number of nitrogens with zero attached hydrogens (tertiary/aromatic N) is 3. The van der Waals surface area contributed by atoms with E-state index >= 15 is 0 Å². The lowest BCUT2D eigenvalue weighted by atomic mass is 9.61. The van der Waals surface area contributed by atoms with Crippen LogP contribution in [0, 0.1) is 5.41 Å². The van der Waals surface area contributed by atoms with Gasteiger partial charge in [0.1, 0.15) is 23.4 Å². The Bertz CT molecular complexity index is 903. The molecule has 0 atom stereocenters. The van der Waals surface area contributed by atoms with Crippen LogP contribution in [-0.2, 0) is 10.2 Å². The lowest BCUT2D eigenvalue weighted by molar-refractivity contribution is 0.0586. The van der Waals surface area contributed by atoms with Crippen molar-refractivity contribution in [3.8, 4) is 5.75 Å². The molecular formula is C16H21N5O3S. The van der Waals surface area contributed by atoms with Gasteiger partial charge in [-0.3, -0.25) is 0 Å². The SMILES string of the molecule is CCOc1cccc2c(N3CC4(CC(NS(N)(=O)=O)C4)C3)ncnc12. The molecule has 2 heterocycles. The van der Waals surface area contributed by atoms with Gasteiger partial charge in [-0.2, -0.15) is 13.1 Å². The van der Waals surface area contributed by atoms with E-state index in [2.05, 4.69) is 19.6 Å². The van der Waals surface area contributed by atoms with Gasteiger partial charge in [0.05, 0.1) is 6.61 Å². The Morgan fingerprint density at radius 3 is 2.80 bits per heavy atom. The molecule has 0 radical (unpaired) electrons. The molecular weight excluding hydrogens is 342 g/mol. The summed E-state index contributed by atoms with van der Waals surface area (Å²) in [6, 6.07) is 5.81. The van der Waals surface area contributed by atoms with Crippen LogP contribution in [0.3, 0.4) is 0 Å². The van der Waals surface area contributed by atoms with Crippen LogP contribution in [0.25, 0.3) is 10.9 Å². The Labute approximate surface area is 146 Å². The Kier molecular flexibility index (Phi) is 3.82. The average molecular weight is 363 g/mol. The number of hydrogen-bond acceptors (Lipinski definition) is 6. The van der Waals surface area contributed by atoms with Crippen molar-refractivity contribution >= 4 is 26.9 Å². The highest BCUT2D eigenvalue weighted by Gasteiger charge is 2.53. The number of rotatable bonds is 5. The third-order valence-corrected chi connectivity index (χ3v) is 5.61. The fraction of sp³-hybridized carbons (Fsp3) is 0.500. The van der Waals surface area contributed by atoms with Gasteiger partial charge in [0.2, 0.25) is 0 Å². The summed E-state index contributed by atoms with van der Waals surface area (Å²) in [6.07, 6.45) is 3.19. The molecule has 1 saturated carbocycles. The van der Waals surface area contributed by atoms with E-state index in [0.29, 0.717) is 6.61 Å². The maximum atomic E-state index is 11.1. The number of aromatic nitrogens is 2. The van der Waals surface area contributed by atoms with Crippen LogP contribution in [0.4, 0.5) is 5.82 Å². The van der Waals surface area contributed by atoms with Crippen LogP contribution >= 0.6 is 0 Å². The fourth-order valence-electron chi connectivity index (χ4n) is 4.04. The summed E-state index contributed by atoms with van der Waals surface area (Å²) in [5.74, 6) is 1.67. The molecule has 2 fully saturated rings. The molecule has 1 aromatic heterocycles. The highest BCUT2D eigenvalue weighted by molar-refractivity contribution is 7.87. The van der Waals surface area contributed by atoms with E-state index in [4.69, 9.17) is 9.88 Å². The molecule has 2 aromatic rings. The summed E-state index contributed by atoms with van der Waals surface area (Å²) in [6.45, 7) is 4.26. The minimum atomic E-state index is -3.62. The van der Waals surface area contributed by atoms with Gasteiger partial charge in [0, 0.05) is 29.9 Å². The van der Waals surface area contributed by atoms with Gasteiger partial charge in [-0.05, 0) is 31.9 Å². The predicted molar refractivity (Wildman–Crippen MR) is 94.6 cm³/mol. The second-order valence-electron chi connectivity index (χ2n) is 6.91. The topological polar surface area (TPSA) is 110 Å². The number of hydrogen-bond donors (Lipinski definition) is 2. The van der Waals surface area contributed by atoms with E-state index in [1.54, 1.807) is 6.33 Å². The first-order chi connectivity index (χ1) is 11.9. The molecule has 8 nitrogen and oxygen atoms in total. The number of anilines is 1. The van der Waals surface area contributed by atoms with Crippen LogP contribution < -0.4 is 19.5 Å². The highest BCUT2D eigenvalue weighted by atomic mass is 32.2. The molecule has 1 saturated heterocycles. The molecule has 134 valence electrons. The van der Waals surface area contributed by atoms with Crippen molar-refractivity contribution < 1.29 is 13.2 Å². The molecule has 1 aromatic carbocycles. The number of fused-ring (bicyclic) bond motifs is 1. The average Bonchev–Trinajstić information content (AvgIpc) is 2.47. The molecule has 2 aliphatic rings. The molecule has 25 heavy (non-hydrogen) atoms. The smallest absolute Gasteiger partial charge is 0.274 e. The Morgan fingerprint density at radius 1 is 1.36 bits per heavy atom. The van der Waals surface area contributed by atoms with E-state index in [1.165, 1.54) is 0 Å². The standard InChI is InChI=1S/C16H21N5O3S/c1-2-24-13-5-3-4-12-14(13)18-10-19-15(12)21-8-16(9-21)6-11(7-16)20-25(17,22)23/h3-5,10-11,20H,2,6-9H2,1H3,(H2,17,22,23). The number of nitrogens with two attached hydrogens (primary N) is 1. The molecule has 0 bridgehead atoms. The predicted octanol–water partition coefficient (Wildman–Crippen LogP) is 0.790. The van der Waals surface area contributed by atoms with Gasteiger partial charge in [-0.25, -0.2) is 15.1 Å². The zero-order valence-electron chi connectivity index (χ0n) is 14.0. The monoisotopic (exact) mass is 363 g/mol. The number of benzene rings is 1.